The van der Waals surface area contributed by atoms with E-state index in [1.165, 1.54) is 0 Å². The van der Waals surface area contributed by atoms with E-state index in [0.717, 1.165) is 0 Å². The zero-order valence-corrected chi connectivity index (χ0v) is 13.0. The zero-order chi connectivity index (χ0) is 4.50. The molecule has 0 bridgehead atoms. The van der Waals surface area contributed by atoms with Gasteiger partial charge in [-0.25, -0.2) is 0 Å². The molecule has 21 heavy (non-hydrogen) atoms. The molecule has 0 rings (SSSR count). The summed E-state index contributed by atoms with van der Waals surface area (Å²) in [7, 11) is -4.67. The van der Waals surface area contributed by atoms with Gasteiger partial charge in [-0.2, -0.15) is 8.42 Å². The Morgan fingerprint density at radius 2 is 0.429 bits per heavy atom. The molecule has 0 radical (unpaired) electrons. The Labute approximate surface area is 141 Å². The van der Waals surface area contributed by atoms with Crippen LogP contribution in [0.4, 0.5) is 0 Å². The van der Waals surface area contributed by atoms with Crippen molar-refractivity contribution in [3.05, 3.63) is 0 Å². The summed E-state index contributed by atoms with van der Waals surface area (Å²) in [5.74, 6) is 0. The Kier molecular flexibility index (Phi) is 4060. The Morgan fingerprint density at radius 1 is 0.429 bits per heavy atom. The van der Waals surface area contributed by atoms with Gasteiger partial charge in [0.2, 0.25) is 0 Å². The van der Waals surface area contributed by atoms with Crippen molar-refractivity contribution in [2.75, 3.05) is 0 Å². The van der Waals surface area contributed by atoms with Gasteiger partial charge >= 0.3 is 26.9 Å². The molecule has 0 aliphatic rings. The van der Waals surface area contributed by atoms with Gasteiger partial charge in [-0.1, -0.05) is 0 Å². The van der Waals surface area contributed by atoms with Crippen LogP contribution in [0.2, 0.25) is 0 Å². The molecule has 0 atom stereocenters. The van der Waals surface area contributed by atoms with E-state index >= 15 is 0 Å². The van der Waals surface area contributed by atoms with Crippen molar-refractivity contribution < 1.29 is 130 Å². The number of halogens is 2. The minimum Gasteiger partial charge on any atom is -1.00 e. The number of hydrogen-bond acceptors (Lipinski definition) is 2. The number of hydrogen-bond donors (Lipinski definition) is 2. The first-order valence-electron chi connectivity index (χ1n) is 0.698. The van der Waals surface area contributed by atoms with Crippen LogP contribution in [-0.2, 0) is 26.9 Å². The van der Waals surface area contributed by atoms with Crippen molar-refractivity contribution in [2.24, 2.45) is 0 Å². The molecule has 28 N–H and O–H groups in total. The van der Waals surface area contributed by atoms with Crippen molar-refractivity contribution >= 4 is 10.4 Å². The van der Waals surface area contributed by atoms with Crippen LogP contribution in [-0.4, -0.2) is 88.7 Å². The molecule has 0 fully saturated rings. The Bertz CT molecular complexity index is 104. The third-order valence-corrected chi connectivity index (χ3v) is 0. The van der Waals surface area contributed by atoms with E-state index in [0.29, 0.717) is 0 Å². The SMILES string of the molecule is O.O.O.O.O.O.O.O.O.O.O.O.O.O=S(=O)(O)O.[Cl-].[Cl-].[Ni+2]. The molecule has 0 spiro atoms. The summed E-state index contributed by atoms with van der Waals surface area (Å²) in [4.78, 5) is 0. The van der Waals surface area contributed by atoms with E-state index in [4.69, 9.17) is 17.5 Å². The summed E-state index contributed by atoms with van der Waals surface area (Å²) in [6.45, 7) is 0. The van der Waals surface area contributed by atoms with Crippen LogP contribution in [0.5, 0.6) is 0 Å². The standard InChI is InChI=1S/2ClH.Ni.H2O4S.13H2O/c;;;1-5(2,3)4;;;;;;;;;;;;;/h2*1H;;(H2,1,2,3,4);13*1H2/q;;+2;;;;;;;;;;;;;;/p-2. The minimum absolute atomic E-state index is 0. The fourth-order valence-electron chi connectivity index (χ4n) is 0. The first-order valence-corrected chi connectivity index (χ1v) is 2.10. The molecule has 0 aliphatic heterocycles. The first-order chi connectivity index (χ1) is 2.00. The molecule has 21 heteroatoms. The summed E-state index contributed by atoms with van der Waals surface area (Å²) in [5, 5.41) is 0. The normalized spacial score (nSPS) is 2.76. The Balaban J connectivity index is -0.000000000667. The van der Waals surface area contributed by atoms with Crippen LogP contribution >= 0.6 is 0 Å². The van der Waals surface area contributed by atoms with Gasteiger partial charge in [0.05, 0.1) is 0 Å². The Morgan fingerprint density at radius 3 is 0.429 bits per heavy atom. The summed E-state index contributed by atoms with van der Waals surface area (Å²) >= 11 is 0. The average Bonchev–Trinajstić information content (AvgIpc) is 0.722. The number of rotatable bonds is 0. The second-order valence-electron chi connectivity index (χ2n) is 0.448. The molecular formula is H28Cl2NiO17S. The zero-order valence-electron chi connectivity index (χ0n) is 9.69. The van der Waals surface area contributed by atoms with Crippen LogP contribution in [0, 0.1) is 0 Å². The van der Waals surface area contributed by atoms with Gasteiger partial charge in [0.1, 0.15) is 0 Å². The van der Waals surface area contributed by atoms with Crippen LogP contribution in [0.3, 0.4) is 0 Å². The quantitative estimate of drug-likeness (QED) is 0.261. The monoisotopic (exact) mass is 460 g/mol. The molecule has 0 aromatic carbocycles. The summed E-state index contributed by atoms with van der Waals surface area (Å²) in [6, 6.07) is 0. The van der Waals surface area contributed by atoms with Gasteiger partial charge < -0.3 is 96.0 Å². The smallest absolute Gasteiger partial charge is 1.00 e. The fraction of sp³-hybridized carbons (Fsp3) is 0. The third-order valence-electron chi connectivity index (χ3n) is 0. The molecule has 0 aromatic heterocycles. The van der Waals surface area contributed by atoms with Crippen LogP contribution < -0.4 is 24.8 Å². The maximum Gasteiger partial charge on any atom is 2.00 e. The van der Waals surface area contributed by atoms with Crippen molar-refractivity contribution in [3.63, 3.8) is 0 Å². The topological polar surface area (TPSA) is 484 Å². The molecule has 0 amide bonds. The molecule has 0 aliphatic carbocycles. The van der Waals surface area contributed by atoms with E-state index in [1.807, 2.05) is 0 Å². The second-order valence-corrected chi connectivity index (χ2v) is 1.34. The summed E-state index contributed by atoms with van der Waals surface area (Å²) < 4.78 is 31.6. The van der Waals surface area contributed by atoms with E-state index in [2.05, 4.69) is 0 Å². The van der Waals surface area contributed by atoms with Gasteiger partial charge in [-0.15, -0.1) is 0 Å². The second kappa shape index (κ2) is 187. The maximum absolute atomic E-state index is 8.74. The van der Waals surface area contributed by atoms with E-state index in [-0.39, 0.29) is 112 Å². The predicted octanol–water partition coefficient (Wildman–Crippen LogP) is -17.4. The largest absolute Gasteiger partial charge is 2.00 e. The summed E-state index contributed by atoms with van der Waals surface area (Å²) in [6.07, 6.45) is 0. The third kappa shape index (κ3) is 38700. The van der Waals surface area contributed by atoms with E-state index in [1.54, 1.807) is 0 Å². The van der Waals surface area contributed by atoms with E-state index in [9.17, 15) is 0 Å². The van der Waals surface area contributed by atoms with E-state index < -0.39 is 10.4 Å². The van der Waals surface area contributed by atoms with Crippen molar-refractivity contribution in [3.8, 4) is 0 Å². The molecule has 0 heterocycles. The Hall–Kier alpha value is 0.424. The molecular weight excluding hydrogens is 434 g/mol. The van der Waals surface area contributed by atoms with Crippen molar-refractivity contribution in [1.82, 2.24) is 0 Å². The van der Waals surface area contributed by atoms with Crippen molar-refractivity contribution in [1.29, 1.82) is 0 Å². The minimum atomic E-state index is -4.67. The van der Waals surface area contributed by atoms with Crippen molar-refractivity contribution in [2.45, 2.75) is 0 Å². The van der Waals surface area contributed by atoms with Crippen LogP contribution in [0.15, 0.2) is 0 Å². The maximum atomic E-state index is 8.74. The van der Waals surface area contributed by atoms with Crippen LogP contribution in [0.1, 0.15) is 0 Å². The molecule has 160 valence electrons. The summed E-state index contributed by atoms with van der Waals surface area (Å²) in [5.41, 5.74) is 0. The molecule has 0 saturated carbocycles. The van der Waals surface area contributed by atoms with Gasteiger partial charge in [0.15, 0.2) is 0 Å². The predicted molar refractivity (Wildman–Crippen MR) is 61.2 cm³/mol. The average molecular weight is 462 g/mol. The van der Waals surface area contributed by atoms with Gasteiger partial charge in [0.25, 0.3) is 0 Å². The molecule has 0 aromatic rings. The van der Waals surface area contributed by atoms with Gasteiger partial charge in [0, 0.05) is 0 Å². The first kappa shape index (κ1) is 457. The molecule has 17 nitrogen and oxygen atoms in total. The van der Waals surface area contributed by atoms with Crippen LogP contribution in [0.25, 0.3) is 0 Å². The molecule has 0 unspecified atom stereocenters. The molecule has 0 saturated heterocycles. The van der Waals surface area contributed by atoms with Gasteiger partial charge in [-0.3, -0.25) is 9.11 Å². The van der Waals surface area contributed by atoms with Gasteiger partial charge in [-0.05, 0) is 0 Å². The fourth-order valence-corrected chi connectivity index (χ4v) is 0.